The molecule has 10 aromatic carbocycles. The number of rotatable bonds is 11. The van der Waals surface area contributed by atoms with E-state index < -0.39 is 6.85 Å². The Morgan fingerprint density at radius 3 is 1.16 bits per heavy atom. The first-order valence-corrected chi connectivity index (χ1v) is 26.0. The average molecular weight is 985 g/mol. The van der Waals surface area contributed by atoms with Gasteiger partial charge in [0.25, 0.3) is 0 Å². The predicted octanol–water partition coefficient (Wildman–Crippen LogP) is 19.7. The minimum Gasteiger partial charge on any atom is -0.256 e. The number of hydrogen-bond donors (Lipinski definition) is 0. The van der Waals surface area contributed by atoms with Crippen molar-refractivity contribution in [1.82, 2.24) is 15.0 Å². The molecule has 362 valence electrons. The van der Waals surface area contributed by atoms with Crippen LogP contribution in [0.15, 0.2) is 291 Å². The molecule has 0 fully saturated rings. The van der Waals surface area contributed by atoms with Crippen LogP contribution >= 0.6 is 0 Å². The van der Waals surface area contributed by atoms with Gasteiger partial charge in [-0.05, 0) is 162 Å². The van der Waals surface area contributed by atoms with Crippen molar-refractivity contribution in [3.8, 4) is 123 Å². The highest BCUT2D eigenvalue weighted by Gasteiger charge is 2.19. The summed E-state index contributed by atoms with van der Waals surface area (Å²) in [6.45, 7) is -2.34. The molecule has 13 rings (SSSR count). The lowest BCUT2D eigenvalue weighted by Crippen LogP contribution is -1.94. The first-order valence-electron chi connectivity index (χ1n) is 27.5. The molecule has 0 N–H and O–H groups in total. The lowest BCUT2D eigenvalue weighted by atomic mass is 9.84. The fraction of sp³-hybridized carbons (Fsp3) is 0.0135. The smallest absolute Gasteiger partial charge is 0.0712 e. The number of hydrogen-bond acceptors (Lipinski definition) is 3. The number of aryl methyl sites for hydroxylation is 1. The highest BCUT2D eigenvalue weighted by molar-refractivity contribution is 5.98. The van der Waals surface area contributed by atoms with Gasteiger partial charge in [-0.25, -0.2) is 4.98 Å². The van der Waals surface area contributed by atoms with Crippen LogP contribution in [0.3, 0.4) is 0 Å². The quantitative estimate of drug-likeness (QED) is 0.130. The molecule has 3 heterocycles. The third-order valence-electron chi connectivity index (χ3n) is 14.6. The van der Waals surface area contributed by atoms with Crippen molar-refractivity contribution in [3.63, 3.8) is 0 Å². The van der Waals surface area contributed by atoms with Crippen LogP contribution in [-0.2, 0) is 0 Å². The Kier molecular flexibility index (Phi) is 11.6. The van der Waals surface area contributed by atoms with Crippen molar-refractivity contribution in [3.05, 3.63) is 297 Å². The molecule has 0 saturated heterocycles. The largest absolute Gasteiger partial charge is 0.256 e. The van der Waals surface area contributed by atoms with E-state index in [1.165, 1.54) is 0 Å². The number of para-hydroxylation sites is 1. The first kappa shape index (κ1) is 43.3. The molecule has 0 aliphatic carbocycles. The summed E-state index contributed by atoms with van der Waals surface area (Å²) in [5.74, 6) is 0. The molecule has 3 aromatic heterocycles. The maximum atomic E-state index is 8.56. The molecule has 0 saturated carbocycles. The average Bonchev–Trinajstić information content (AvgIpc) is 3.54. The van der Waals surface area contributed by atoms with Gasteiger partial charge in [0.2, 0.25) is 0 Å². The van der Waals surface area contributed by atoms with Crippen LogP contribution in [0.1, 0.15) is 9.68 Å². The molecular formula is C74H51N3. The molecular weight excluding hydrogens is 931 g/mol. The van der Waals surface area contributed by atoms with Crippen molar-refractivity contribution in [2.24, 2.45) is 0 Å². The highest BCUT2D eigenvalue weighted by Crippen LogP contribution is 2.45. The minimum atomic E-state index is -2.34. The third kappa shape index (κ3) is 9.44. The summed E-state index contributed by atoms with van der Waals surface area (Å²) >= 11 is 0. The molecule has 0 atom stereocenters. The molecule has 3 nitrogen and oxygen atoms in total. The zero-order valence-corrected chi connectivity index (χ0v) is 42.1. The third-order valence-corrected chi connectivity index (χ3v) is 14.6. The fourth-order valence-corrected chi connectivity index (χ4v) is 10.7. The van der Waals surface area contributed by atoms with E-state index in [1.807, 2.05) is 79.1 Å². The molecule has 0 aliphatic heterocycles. The maximum Gasteiger partial charge on any atom is 0.0712 e. The Balaban J connectivity index is 0.998. The van der Waals surface area contributed by atoms with E-state index in [0.717, 1.165) is 117 Å². The Labute approximate surface area is 454 Å². The second-order valence-electron chi connectivity index (χ2n) is 19.3. The monoisotopic (exact) mass is 984 g/mol. The number of nitrogens with zero attached hydrogens (tertiary/aromatic N) is 3. The van der Waals surface area contributed by atoms with Gasteiger partial charge in [0.05, 0.1) is 22.6 Å². The molecule has 0 unspecified atom stereocenters. The molecule has 0 bridgehead atoms. The van der Waals surface area contributed by atoms with Gasteiger partial charge in [-0.2, -0.15) is 0 Å². The second kappa shape index (κ2) is 20.7. The Bertz CT molecular complexity index is 4200. The van der Waals surface area contributed by atoms with Crippen molar-refractivity contribution in [2.45, 2.75) is 6.85 Å². The zero-order chi connectivity index (χ0) is 54.0. The normalized spacial score (nSPS) is 11.9. The van der Waals surface area contributed by atoms with Gasteiger partial charge in [0.1, 0.15) is 0 Å². The molecule has 0 amide bonds. The molecule has 0 aliphatic rings. The summed E-state index contributed by atoms with van der Waals surface area (Å²) in [6.07, 6.45) is 3.66. The van der Waals surface area contributed by atoms with Gasteiger partial charge in [-0.15, -0.1) is 0 Å². The van der Waals surface area contributed by atoms with Gasteiger partial charge in [0, 0.05) is 38.6 Å². The van der Waals surface area contributed by atoms with E-state index in [-0.39, 0.29) is 5.56 Å². The highest BCUT2D eigenvalue weighted by atomic mass is 14.7. The zero-order valence-electron chi connectivity index (χ0n) is 45.1. The summed E-state index contributed by atoms with van der Waals surface area (Å²) in [4.78, 5) is 14.3. The van der Waals surface area contributed by atoms with Gasteiger partial charge < -0.3 is 0 Å². The maximum absolute atomic E-state index is 8.56. The van der Waals surface area contributed by atoms with Crippen LogP contribution in [0.4, 0.5) is 0 Å². The van der Waals surface area contributed by atoms with Crippen LogP contribution in [0, 0.1) is 6.85 Å². The number of fused-ring (bicyclic) bond motifs is 1. The van der Waals surface area contributed by atoms with Crippen LogP contribution in [0.2, 0.25) is 0 Å². The van der Waals surface area contributed by atoms with Crippen LogP contribution < -0.4 is 0 Å². The van der Waals surface area contributed by atoms with Crippen LogP contribution in [-0.4, -0.2) is 15.0 Å². The second-order valence-corrected chi connectivity index (χ2v) is 19.3. The number of benzene rings is 10. The molecule has 3 heteroatoms. The van der Waals surface area contributed by atoms with E-state index in [1.54, 1.807) is 6.07 Å². The Morgan fingerprint density at radius 2 is 0.636 bits per heavy atom. The van der Waals surface area contributed by atoms with Crippen molar-refractivity contribution >= 4 is 10.9 Å². The van der Waals surface area contributed by atoms with Gasteiger partial charge >= 0.3 is 0 Å². The summed E-state index contributed by atoms with van der Waals surface area (Å²) in [5, 5.41) is 0.627. The van der Waals surface area contributed by atoms with Gasteiger partial charge in [-0.1, -0.05) is 218 Å². The van der Waals surface area contributed by atoms with E-state index in [2.05, 4.69) is 216 Å². The first-order chi connectivity index (χ1) is 39.3. The molecule has 0 spiro atoms. The number of aromatic nitrogens is 3. The van der Waals surface area contributed by atoms with E-state index in [0.29, 0.717) is 16.6 Å². The van der Waals surface area contributed by atoms with Crippen LogP contribution in [0.5, 0.6) is 0 Å². The van der Waals surface area contributed by atoms with Crippen molar-refractivity contribution in [1.29, 1.82) is 0 Å². The molecule has 77 heavy (non-hydrogen) atoms. The molecule has 13 aromatic rings. The van der Waals surface area contributed by atoms with Crippen molar-refractivity contribution < 1.29 is 4.11 Å². The minimum absolute atomic E-state index is 0.281. The van der Waals surface area contributed by atoms with E-state index in [4.69, 9.17) is 9.10 Å². The summed E-state index contributed by atoms with van der Waals surface area (Å²) in [6, 6.07) is 97.3. The fourth-order valence-electron chi connectivity index (χ4n) is 10.7. The van der Waals surface area contributed by atoms with Gasteiger partial charge in [0.15, 0.2) is 0 Å². The topological polar surface area (TPSA) is 38.7 Å². The van der Waals surface area contributed by atoms with E-state index in [9.17, 15) is 0 Å². The Hall–Kier alpha value is -10.1. The predicted molar refractivity (Wildman–Crippen MR) is 322 cm³/mol. The molecule has 0 radical (unpaired) electrons. The van der Waals surface area contributed by atoms with Crippen LogP contribution in [0.25, 0.3) is 134 Å². The van der Waals surface area contributed by atoms with Gasteiger partial charge in [-0.3, -0.25) is 9.97 Å². The number of pyridine rings is 3. The van der Waals surface area contributed by atoms with Crippen molar-refractivity contribution in [2.75, 3.05) is 0 Å². The summed E-state index contributed by atoms with van der Waals surface area (Å²) in [5.41, 5.74) is 23.6. The van der Waals surface area contributed by atoms with E-state index >= 15 is 0 Å². The lowest BCUT2D eigenvalue weighted by Gasteiger charge is -2.19. The summed E-state index contributed by atoms with van der Waals surface area (Å²) < 4.78 is 25.7. The standard InChI is InChI=1S/C74H51N3/c1-50-45-74(77-73-28-12-11-19-62(50)73)58-41-42-69(70(49-58)55-31-29-52(30-32-55)51-17-3-2-4-18-51)68-25-10-9-24-67(68)61-47-59(65-22-7-5-20-63(65)53-33-37-56(38-34-53)71-26-13-15-43-75-71)46-60(48-61)66-23-8-6-21-64(66)54-35-39-57(40-36-54)72-27-14-16-44-76-72/h2-49H,1H3/i1D3. The lowest BCUT2D eigenvalue weighted by molar-refractivity contribution is 1.33. The summed E-state index contributed by atoms with van der Waals surface area (Å²) in [7, 11) is 0. The Morgan fingerprint density at radius 1 is 0.247 bits per heavy atom. The SMILES string of the molecule is [2H]C([2H])([2H])c1cc(-c2ccc(-c3ccccc3-c3cc(-c4ccccc4-c4ccc(-c5ccccn5)cc4)cc(-c4ccccc4-c4ccc(-c5ccccn5)cc4)c3)c(-c3ccc(-c4ccccc4)cc3)c2)nc2ccccc12.